The van der Waals surface area contributed by atoms with Crippen molar-refractivity contribution in [3.63, 3.8) is 0 Å². The minimum Gasteiger partial charge on any atom is -0.387 e. The molecule has 0 aromatic heterocycles. The summed E-state index contributed by atoms with van der Waals surface area (Å²) in [7, 11) is 0. The van der Waals surface area contributed by atoms with Gasteiger partial charge in [-0.3, -0.25) is 0 Å². The lowest BCUT2D eigenvalue weighted by Crippen LogP contribution is -2.06. The molecule has 3 nitrogen and oxygen atoms in total. The first kappa shape index (κ1) is 5.59. The van der Waals surface area contributed by atoms with E-state index in [1.807, 2.05) is 0 Å². The van der Waals surface area contributed by atoms with Gasteiger partial charge in [-0.15, -0.1) is 0 Å². The lowest BCUT2D eigenvalue weighted by atomic mass is 10.4. The van der Waals surface area contributed by atoms with Gasteiger partial charge in [-0.05, 0) is 0 Å². The van der Waals surface area contributed by atoms with Crippen LogP contribution >= 0.6 is 0 Å². The van der Waals surface area contributed by atoms with Crippen molar-refractivity contribution in [2.24, 2.45) is 0 Å². The molecule has 0 saturated carbocycles. The van der Waals surface area contributed by atoms with Gasteiger partial charge in [0.25, 0.3) is 0 Å². The normalized spacial score (nSPS) is 13.7. The average Bonchev–Trinajstić information content (AvgIpc) is 1.65. The van der Waals surface area contributed by atoms with Crippen molar-refractivity contribution in [3.8, 4) is 0 Å². The molecular formula is C3H5O3. The topological polar surface area (TPSA) is 57.5 Å². The van der Waals surface area contributed by atoms with Crippen LogP contribution in [0.25, 0.3) is 0 Å². The highest BCUT2D eigenvalue weighted by Crippen LogP contribution is 1.73. The van der Waals surface area contributed by atoms with Crippen molar-refractivity contribution in [1.82, 2.24) is 0 Å². The van der Waals surface area contributed by atoms with Crippen molar-refractivity contribution in [3.05, 3.63) is 6.61 Å². The summed E-state index contributed by atoms with van der Waals surface area (Å²) in [6.45, 7) is 0.410. The molecule has 0 heterocycles. The SMILES string of the molecule is O=CC(O)[CH]O. The Balaban J connectivity index is 2.96. The number of carbonyl (C=O) groups excluding carboxylic acids is 1. The summed E-state index contributed by atoms with van der Waals surface area (Å²) in [6, 6.07) is 0. The number of aliphatic hydroxyl groups is 2. The second kappa shape index (κ2) is 2.81. The standard InChI is InChI=1S/C3H5O3/c4-1-3(6)2-5/h1-4,6H. The van der Waals surface area contributed by atoms with E-state index in [0.29, 0.717) is 6.61 Å². The van der Waals surface area contributed by atoms with Gasteiger partial charge in [-0.25, -0.2) is 0 Å². The van der Waals surface area contributed by atoms with Gasteiger partial charge >= 0.3 is 0 Å². The highest BCUT2D eigenvalue weighted by atomic mass is 16.3. The molecule has 0 aliphatic rings. The Bertz CT molecular complexity index is 43.3. The first-order valence-electron chi connectivity index (χ1n) is 1.42. The van der Waals surface area contributed by atoms with Gasteiger partial charge in [0.05, 0.1) is 0 Å². The fourth-order valence-corrected chi connectivity index (χ4v) is 0.0351. The number of hydrogen-bond acceptors (Lipinski definition) is 3. The maximum Gasteiger partial charge on any atom is 0.151 e. The van der Waals surface area contributed by atoms with Crippen LogP contribution < -0.4 is 0 Å². The minimum absolute atomic E-state index is 0.222. The Morgan fingerprint density at radius 2 is 2.17 bits per heavy atom. The Labute approximate surface area is 35.2 Å². The summed E-state index contributed by atoms with van der Waals surface area (Å²) in [5.74, 6) is 0. The van der Waals surface area contributed by atoms with Crippen LogP contribution in [0.3, 0.4) is 0 Å². The number of aldehydes is 1. The molecule has 0 aliphatic carbocycles. The molecule has 1 radical (unpaired) electrons. The molecule has 0 saturated heterocycles. The van der Waals surface area contributed by atoms with Crippen LogP contribution in [-0.4, -0.2) is 22.6 Å². The molecule has 0 rings (SSSR count). The smallest absolute Gasteiger partial charge is 0.151 e. The molecule has 1 unspecified atom stereocenters. The van der Waals surface area contributed by atoms with Crippen LogP contribution in [0.5, 0.6) is 0 Å². The van der Waals surface area contributed by atoms with E-state index in [1.54, 1.807) is 0 Å². The third-order valence-corrected chi connectivity index (χ3v) is 0.292. The highest BCUT2D eigenvalue weighted by Gasteiger charge is 1.93. The van der Waals surface area contributed by atoms with Crippen molar-refractivity contribution in [2.75, 3.05) is 0 Å². The summed E-state index contributed by atoms with van der Waals surface area (Å²) >= 11 is 0. The zero-order valence-corrected chi connectivity index (χ0v) is 3.03. The molecule has 6 heavy (non-hydrogen) atoms. The molecule has 1 atom stereocenters. The van der Waals surface area contributed by atoms with Gasteiger partial charge in [-0.1, -0.05) is 0 Å². The van der Waals surface area contributed by atoms with E-state index < -0.39 is 6.10 Å². The van der Waals surface area contributed by atoms with Gasteiger partial charge in [0, 0.05) is 0 Å². The van der Waals surface area contributed by atoms with Crippen molar-refractivity contribution in [1.29, 1.82) is 0 Å². The maximum atomic E-state index is 9.29. The summed E-state index contributed by atoms with van der Waals surface area (Å²) in [5, 5.41) is 15.7. The van der Waals surface area contributed by atoms with Gasteiger partial charge in [0.1, 0.15) is 12.7 Å². The Hall–Kier alpha value is -0.410. The van der Waals surface area contributed by atoms with Gasteiger partial charge < -0.3 is 15.0 Å². The molecule has 0 aromatic carbocycles. The molecule has 3 heteroatoms. The zero-order valence-electron chi connectivity index (χ0n) is 3.03. The Morgan fingerprint density at radius 1 is 1.67 bits per heavy atom. The largest absolute Gasteiger partial charge is 0.387 e. The summed E-state index contributed by atoms with van der Waals surface area (Å²) in [6.07, 6.45) is -1.09. The Kier molecular flexibility index (Phi) is 2.62. The molecule has 0 spiro atoms. The second-order valence-corrected chi connectivity index (χ2v) is 0.776. The van der Waals surface area contributed by atoms with Crippen LogP contribution in [0.2, 0.25) is 0 Å². The Morgan fingerprint density at radius 3 is 2.17 bits per heavy atom. The molecular weight excluding hydrogens is 84.0 g/mol. The van der Waals surface area contributed by atoms with Crippen LogP contribution in [0.4, 0.5) is 0 Å². The fraction of sp³-hybridized carbons (Fsp3) is 0.333. The monoisotopic (exact) mass is 89.0 g/mol. The predicted molar refractivity (Wildman–Crippen MR) is 18.3 cm³/mol. The minimum atomic E-state index is -1.31. The number of hydrogen-bond donors (Lipinski definition) is 2. The molecule has 0 amide bonds. The van der Waals surface area contributed by atoms with Crippen LogP contribution in [-0.2, 0) is 4.79 Å². The van der Waals surface area contributed by atoms with Gasteiger partial charge in [0.15, 0.2) is 6.29 Å². The number of carbonyl (C=O) groups is 1. The molecule has 0 fully saturated rings. The number of rotatable bonds is 2. The molecule has 35 valence electrons. The molecule has 0 aliphatic heterocycles. The lowest BCUT2D eigenvalue weighted by Gasteiger charge is -1.87. The van der Waals surface area contributed by atoms with Crippen molar-refractivity contribution < 1.29 is 15.0 Å². The van der Waals surface area contributed by atoms with E-state index in [9.17, 15) is 4.79 Å². The molecule has 0 bridgehead atoms. The third kappa shape index (κ3) is 1.87. The number of aliphatic hydroxyl groups excluding tert-OH is 2. The van der Waals surface area contributed by atoms with E-state index in [1.165, 1.54) is 0 Å². The van der Waals surface area contributed by atoms with Crippen molar-refractivity contribution >= 4 is 6.29 Å². The molecule has 0 aromatic rings. The van der Waals surface area contributed by atoms with Gasteiger partial charge in [0.2, 0.25) is 0 Å². The second-order valence-electron chi connectivity index (χ2n) is 0.776. The molecule has 2 N–H and O–H groups in total. The maximum absolute atomic E-state index is 9.29. The highest BCUT2D eigenvalue weighted by molar-refractivity contribution is 5.56. The summed E-state index contributed by atoms with van der Waals surface area (Å²) in [5.41, 5.74) is 0. The fourth-order valence-electron chi connectivity index (χ4n) is 0.0351. The first-order valence-corrected chi connectivity index (χ1v) is 1.42. The summed E-state index contributed by atoms with van der Waals surface area (Å²) in [4.78, 5) is 9.29. The third-order valence-electron chi connectivity index (χ3n) is 0.292. The van der Waals surface area contributed by atoms with E-state index in [2.05, 4.69) is 0 Å². The van der Waals surface area contributed by atoms with E-state index in [4.69, 9.17) is 10.2 Å². The summed E-state index contributed by atoms with van der Waals surface area (Å²) < 4.78 is 0. The zero-order chi connectivity index (χ0) is 4.99. The predicted octanol–water partition coefficient (Wildman–Crippen LogP) is -0.920. The van der Waals surface area contributed by atoms with Gasteiger partial charge in [-0.2, -0.15) is 0 Å². The quantitative estimate of drug-likeness (QED) is 0.430. The lowest BCUT2D eigenvalue weighted by molar-refractivity contribution is -0.114. The van der Waals surface area contributed by atoms with Crippen LogP contribution in [0.1, 0.15) is 0 Å². The first-order chi connectivity index (χ1) is 2.81. The van der Waals surface area contributed by atoms with E-state index in [0.717, 1.165) is 0 Å². The van der Waals surface area contributed by atoms with E-state index >= 15 is 0 Å². The van der Waals surface area contributed by atoms with E-state index in [-0.39, 0.29) is 6.29 Å². The van der Waals surface area contributed by atoms with Crippen LogP contribution in [0, 0.1) is 6.61 Å². The van der Waals surface area contributed by atoms with Crippen molar-refractivity contribution in [2.45, 2.75) is 6.10 Å². The average molecular weight is 89.1 g/mol. The van der Waals surface area contributed by atoms with Crippen LogP contribution in [0.15, 0.2) is 0 Å².